The number of nitrogens with zero attached hydrogens (tertiary/aromatic N) is 1. The normalized spacial score (nSPS) is 16.1. The first kappa shape index (κ1) is 20.0. The van der Waals surface area contributed by atoms with Crippen molar-refractivity contribution in [3.05, 3.63) is 71.8 Å². The zero-order chi connectivity index (χ0) is 19.6. The summed E-state index contributed by atoms with van der Waals surface area (Å²) >= 11 is 0. The zero-order valence-electron chi connectivity index (χ0n) is 16.0. The van der Waals surface area contributed by atoms with Crippen LogP contribution >= 0.6 is 0 Å². The molecule has 3 amide bonds. The Labute approximate surface area is 165 Å². The summed E-state index contributed by atoms with van der Waals surface area (Å²) in [7, 11) is 0. The van der Waals surface area contributed by atoms with E-state index in [4.69, 9.17) is 4.74 Å². The van der Waals surface area contributed by atoms with Crippen LogP contribution < -0.4 is 10.6 Å². The van der Waals surface area contributed by atoms with Gasteiger partial charge in [0, 0.05) is 26.2 Å². The SMILES string of the molecule is O=C(CN(Cc1ccccc1)CC1CCCO1)NC(=O)NCc1ccccc1. The highest BCUT2D eigenvalue weighted by atomic mass is 16.5. The Morgan fingerprint density at radius 3 is 2.32 bits per heavy atom. The van der Waals surface area contributed by atoms with E-state index in [1.165, 1.54) is 0 Å². The molecule has 1 fully saturated rings. The van der Waals surface area contributed by atoms with Crippen molar-refractivity contribution in [3.8, 4) is 0 Å². The van der Waals surface area contributed by atoms with Crippen LogP contribution in [0.3, 0.4) is 0 Å². The van der Waals surface area contributed by atoms with E-state index in [2.05, 4.69) is 10.6 Å². The summed E-state index contributed by atoms with van der Waals surface area (Å²) in [5.41, 5.74) is 2.11. The van der Waals surface area contributed by atoms with Crippen LogP contribution in [-0.4, -0.2) is 42.6 Å². The smallest absolute Gasteiger partial charge is 0.321 e. The van der Waals surface area contributed by atoms with Gasteiger partial charge in [-0.1, -0.05) is 60.7 Å². The van der Waals surface area contributed by atoms with Crippen LogP contribution in [0.15, 0.2) is 60.7 Å². The molecule has 1 unspecified atom stereocenters. The maximum atomic E-state index is 12.4. The van der Waals surface area contributed by atoms with Gasteiger partial charge in [0.05, 0.1) is 12.6 Å². The number of urea groups is 1. The van der Waals surface area contributed by atoms with Gasteiger partial charge in [-0.2, -0.15) is 0 Å². The second kappa shape index (κ2) is 10.6. The first-order valence-corrected chi connectivity index (χ1v) is 9.68. The van der Waals surface area contributed by atoms with E-state index in [1.807, 2.05) is 65.6 Å². The minimum atomic E-state index is -0.481. The standard InChI is InChI=1S/C22H27N3O3/c26-21(24-22(27)23-14-18-8-3-1-4-9-18)17-25(16-20-12-7-13-28-20)15-19-10-5-2-6-11-19/h1-6,8-11,20H,7,12-17H2,(H2,23,24,26,27). The summed E-state index contributed by atoms with van der Waals surface area (Å²) in [5.74, 6) is -0.320. The number of ether oxygens (including phenoxy) is 1. The molecule has 2 N–H and O–H groups in total. The summed E-state index contributed by atoms with van der Waals surface area (Å²) in [6.45, 7) is 2.61. The third-order valence-electron chi connectivity index (χ3n) is 4.65. The minimum Gasteiger partial charge on any atom is -0.377 e. The number of carbonyl (C=O) groups is 2. The Morgan fingerprint density at radius 2 is 1.68 bits per heavy atom. The van der Waals surface area contributed by atoms with E-state index in [-0.39, 0.29) is 18.6 Å². The molecule has 0 aliphatic carbocycles. The van der Waals surface area contributed by atoms with Gasteiger partial charge in [0.1, 0.15) is 0 Å². The first-order valence-electron chi connectivity index (χ1n) is 9.68. The van der Waals surface area contributed by atoms with Crippen molar-refractivity contribution in [2.75, 3.05) is 19.7 Å². The highest BCUT2D eigenvalue weighted by molar-refractivity contribution is 5.95. The van der Waals surface area contributed by atoms with Gasteiger partial charge in [-0.05, 0) is 24.0 Å². The van der Waals surface area contributed by atoms with Crippen LogP contribution in [0.4, 0.5) is 4.79 Å². The highest BCUT2D eigenvalue weighted by Gasteiger charge is 2.21. The largest absolute Gasteiger partial charge is 0.377 e. The van der Waals surface area contributed by atoms with Crippen molar-refractivity contribution < 1.29 is 14.3 Å². The van der Waals surface area contributed by atoms with E-state index in [0.29, 0.717) is 19.6 Å². The molecule has 6 nitrogen and oxygen atoms in total. The van der Waals surface area contributed by atoms with Crippen LogP contribution in [0.25, 0.3) is 0 Å². The maximum absolute atomic E-state index is 12.4. The molecule has 1 saturated heterocycles. The lowest BCUT2D eigenvalue weighted by Crippen LogP contribution is -2.45. The number of hydrogen-bond acceptors (Lipinski definition) is 4. The lowest BCUT2D eigenvalue weighted by atomic mass is 10.2. The van der Waals surface area contributed by atoms with Crippen molar-refractivity contribution in [2.24, 2.45) is 0 Å². The Bertz CT molecular complexity index is 746. The summed E-state index contributed by atoms with van der Waals surface area (Å²) in [5, 5.41) is 5.13. The van der Waals surface area contributed by atoms with Crippen LogP contribution in [0.1, 0.15) is 24.0 Å². The predicted molar refractivity (Wildman–Crippen MR) is 108 cm³/mol. The average Bonchev–Trinajstić information content (AvgIpc) is 3.21. The molecule has 0 spiro atoms. The molecule has 1 atom stereocenters. The van der Waals surface area contributed by atoms with E-state index in [1.54, 1.807) is 0 Å². The molecule has 148 valence electrons. The molecule has 0 radical (unpaired) electrons. The van der Waals surface area contributed by atoms with Crippen LogP contribution in [0.2, 0.25) is 0 Å². The molecule has 0 bridgehead atoms. The third-order valence-corrected chi connectivity index (χ3v) is 4.65. The molecular weight excluding hydrogens is 354 g/mol. The third kappa shape index (κ3) is 6.79. The van der Waals surface area contributed by atoms with Gasteiger partial charge in [0.15, 0.2) is 0 Å². The van der Waals surface area contributed by atoms with Crippen molar-refractivity contribution in [1.82, 2.24) is 15.5 Å². The Balaban J connectivity index is 1.50. The quantitative estimate of drug-likeness (QED) is 0.738. The second-order valence-electron chi connectivity index (χ2n) is 7.01. The van der Waals surface area contributed by atoms with Crippen LogP contribution in [-0.2, 0) is 22.6 Å². The van der Waals surface area contributed by atoms with Gasteiger partial charge in [0.2, 0.25) is 5.91 Å². The van der Waals surface area contributed by atoms with Gasteiger partial charge < -0.3 is 10.1 Å². The van der Waals surface area contributed by atoms with Crippen LogP contribution in [0.5, 0.6) is 0 Å². The number of carbonyl (C=O) groups excluding carboxylic acids is 2. The van der Waals surface area contributed by atoms with Crippen molar-refractivity contribution in [2.45, 2.75) is 32.0 Å². The number of nitrogens with one attached hydrogen (secondary N) is 2. The highest BCUT2D eigenvalue weighted by Crippen LogP contribution is 2.15. The van der Waals surface area contributed by atoms with Crippen LogP contribution in [0, 0.1) is 0 Å². The molecule has 1 heterocycles. The number of imide groups is 1. The van der Waals surface area contributed by atoms with E-state index >= 15 is 0 Å². The Hall–Kier alpha value is -2.70. The van der Waals surface area contributed by atoms with E-state index < -0.39 is 6.03 Å². The molecule has 1 aliphatic rings. The fourth-order valence-electron chi connectivity index (χ4n) is 3.29. The summed E-state index contributed by atoms with van der Waals surface area (Å²) in [4.78, 5) is 26.4. The lowest BCUT2D eigenvalue weighted by Gasteiger charge is -2.24. The number of hydrogen-bond donors (Lipinski definition) is 2. The van der Waals surface area contributed by atoms with Crippen molar-refractivity contribution in [3.63, 3.8) is 0 Å². The minimum absolute atomic E-state index is 0.142. The molecule has 0 saturated carbocycles. The van der Waals surface area contributed by atoms with Gasteiger partial charge in [-0.3, -0.25) is 15.0 Å². The summed E-state index contributed by atoms with van der Waals surface area (Å²) in [6, 6.07) is 19.1. The zero-order valence-corrected chi connectivity index (χ0v) is 16.0. The molecule has 28 heavy (non-hydrogen) atoms. The van der Waals surface area contributed by atoms with E-state index in [9.17, 15) is 9.59 Å². The topological polar surface area (TPSA) is 70.7 Å². The average molecular weight is 381 g/mol. The van der Waals surface area contributed by atoms with E-state index in [0.717, 1.165) is 30.6 Å². The van der Waals surface area contributed by atoms with Crippen molar-refractivity contribution >= 4 is 11.9 Å². The number of benzene rings is 2. The monoisotopic (exact) mass is 381 g/mol. The maximum Gasteiger partial charge on any atom is 0.321 e. The molecule has 2 aromatic rings. The summed E-state index contributed by atoms with van der Waals surface area (Å²) in [6.07, 6.45) is 2.20. The molecular formula is C22H27N3O3. The van der Waals surface area contributed by atoms with Gasteiger partial charge >= 0.3 is 6.03 Å². The van der Waals surface area contributed by atoms with Gasteiger partial charge in [0.25, 0.3) is 0 Å². The Kier molecular flexibility index (Phi) is 7.58. The van der Waals surface area contributed by atoms with Gasteiger partial charge in [-0.25, -0.2) is 4.79 Å². The second-order valence-corrected chi connectivity index (χ2v) is 7.01. The number of rotatable bonds is 8. The van der Waals surface area contributed by atoms with Crippen molar-refractivity contribution in [1.29, 1.82) is 0 Å². The molecule has 6 heteroatoms. The lowest BCUT2D eigenvalue weighted by molar-refractivity contribution is -0.121. The molecule has 1 aliphatic heterocycles. The first-order chi connectivity index (χ1) is 13.7. The fourth-order valence-corrected chi connectivity index (χ4v) is 3.29. The molecule has 2 aromatic carbocycles. The Morgan fingerprint density at radius 1 is 1.00 bits per heavy atom. The molecule has 0 aromatic heterocycles. The van der Waals surface area contributed by atoms with Gasteiger partial charge in [-0.15, -0.1) is 0 Å². The summed E-state index contributed by atoms with van der Waals surface area (Å²) < 4.78 is 5.72. The number of amides is 3. The predicted octanol–water partition coefficient (Wildman–Crippen LogP) is 2.69. The molecule has 3 rings (SSSR count). The fraction of sp³-hybridized carbons (Fsp3) is 0.364.